The van der Waals surface area contributed by atoms with Gasteiger partial charge in [0.15, 0.2) is 0 Å². The average molecular weight is 244 g/mol. The predicted molar refractivity (Wildman–Crippen MR) is 68.8 cm³/mol. The zero-order chi connectivity index (χ0) is 12.0. The molecule has 0 radical (unpaired) electrons. The Morgan fingerprint density at radius 2 is 2.06 bits per heavy atom. The van der Waals surface area contributed by atoms with Gasteiger partial charge in [-0.05, 0) is 24.1 Å². The number of alkyl halides is 1. The molecule has 3 heteroatoms. The van der Waals surface area contributed by atoms with E-state index in [-0.39, 0.29) is 5.82 Å². The van der Waals surface area contributed by atoms with Crippen LogP contribution < -0.4 is 4.90 Å². The summed E-state index contributed by atoms with van der Waals surface area (Å²) in [5, 5.41) is 0. The largest absolute Gasteiger partial charge is 0.372 e. The Balaban J connectivity index is 2.64. The van der Waals surface area contributed by atoms with E-state index in [0.717, 1.165) is 18.5 Å². The van der Waals surface area contributed by atoms with Crippen LogP contribution in [-0.4, -0.2) is 13.6 Å². The van der Waals surface area contributed by atoms with Gasteiger partial charge in [-0.1, -0.05) is 25.8 Å². The molecule has 0 bridgehead atoms. The van der Waals surface area contributed by atoms with E-state index in [1.54, 1.807) is 6.07 Å². The highest BCUT2D eigenvalue weighted by Crippen LogP contribution is 2.20. The van der Waals surface area contributed by atoms with Crippen LogP contribution in [0.1, 0.15) is 31.7 Å². The summed E-state index contributed by atoms with van der Waals surface area (Å²) in [4.78, 5) is 1.96. The molecule has 90 valence electrons. The van der Waals surface area contributed by atoms with Crippen molar-refractivity contribution in [3.8, 4) is 0 Å². The van der Waals surface area contributed by atoms with Gasteiger partial charge in [0.25, 0.3) is 0 Å². The molecule has 0 saturated heterocycles. The molecule has 0 aliphatic rings. The molecule has 1 rings (SSSR count). The lowest BCUT2D eigenvalue weighted by molar-refractivity contribution is 0.616. The Kier molecular flexibility index (Phi) is 5.61. The fourth-order valence-electron chi connectivity index (χ4n) is 1.66. The van der Waals surface area contributed by atoms with Gasteiger partial charge in [0, 0.05) is 19.5 Å². The quantitative estimate of drug-likeness (QED) is 0.535. The fourth-order valence-corrected chi connectivity index (χ4v) is 1.83. The number of nitrogens with zero attached hydrogens (tertiary/aromatic N) is 1. The number of hydrogen-bond acceptors (Lipinski definition) is 1. The number of halogens is 2. The van der Waals surface area contributed by atoms with Crippen LogP contribution in [0, 0.1) is 5.82 Å². The van der Waals surface area contributed by atoms with Crippen molar-refractivity contribution >= 4 is 17.3 Å². The Hall–Kier alpha value is -0.760. The summed E-state index contributed by atoms with van der Waals surface area (Å²) in [6, 6.07) is 5.19. The minimum atomic E-state index is -0.183. The van der Waals surface area contributed by atoms with Gasteiger partial charge in [0.2, 0.25) is 0 Å². The van der Waals surface area contributed by atoms with Crippen LogP contribution in [0.25, 0.3) is 0 Å². The Labute approximate surface area is 102 Å². The number of anilines is 1. The summed E-state index contributed by atoms with van der Waals surface area (Å²) < 4.78 is 13.7. The van der Waals surface area contributed by atoms with Gasteiger partial charge in [-0.2, -0.15) is 0 Å². The minimum Gasteiger partial charge on any atom is -0.372 e. The minimum absolute atomic E-state index is 0.183. The molecule has 0 spiro atoms. The maximum atomic E-state index is 13.7. The summed E-state index contributed by atoms with van der Waals surface area (Å²) in [5.74, 6) is 0.175. The van der Waals surface area contributed by atoms with Crippen LogP contribution in [0.2, 0.25) is 0 Å². The third-order valence-corrected chi connectivity index (χ3v) is 2.98. The maximum absolute atomic E-state index is 13.7. The Morgan fingerprint density at radius 3 is 2.62 bits per heavy atom. The fraction of sp³-hybridized carbons (Fsp3) is 0.538. The first-order chi connectivity index (χ1) is 7.69. The van der Waals surface area contributed by atoms with Crippen molar-refractivity contribution in [1.82, 2.24) is 0 Å². The highest BCUT2D eigenvalue weighted by Gasteiger charge is 2.07. The molecule has 0 fully saturated rings. The van der Waals surface area contributed by atoms with E-state index in [9.17, 15) is 4.39 Å². The number of hydrogen-bond donors (Lipinski definition) is 0. The zero-order valence-corrected chi connectivity index (χ0v) is 10.7. The average Bonchev–Trinajstić information content (AvgIpc) is 2.29. The molecular formula is C13H19ClFN. The second-order valence-electron chi connectivity index (χ2n) is 4.05. The lowest BCUT2D eigenvalue weighted by Crippen LogP contribution is -2.19. The van der Waals surface area contributed by atoms with E-state index in [2.05, 4.69) is 6.92 Å². The first kappa shape index (κ1) is 13.3. The molecule has 0 amide bonds. The topological polar surface area (TPSA) is 3.24 Å². The second-order valence-corrected chi connectivity index (χ2v) is 4.32. The third-order valence-electron chi connectivity index (χ3n) is 2.67. The first-order valence-electron chi connectivity index (χ1n) is 5.74. The molecule has 0 aliphatic carbocycles. The van der Waals surface area contributed by atoms with Gasteiger partial charge in [-0.25, -0.2) is 4.39 Å². The highest BCUT2D eigenvalue weighted by atomic mass is 35.5. The van der Waals surface area contributed by atoms with Crippen LogP contribution in [0.4, 0.5) is 10.1 Å². The van der Waals surface area contributed by atoms with Crippen LogP contribution >= 0.6 is 11.6 Å². The molecule has 0 heterocycles. The van der Waals surface area contributed by atoms with Crippen LogP contribution in [-0.2, 0) is 5.88 Å². The lowest BCUT2D eigenvalue weighted by atomic mass is 10.2. The SMILES string of the molecule is CCCCCN(C)c1ccc(CCl)cc1F. The molecular weight excluding hydrogens is 225 g/mol. The second kappa shape index (κ2) is 6.74. The smallest absolute Gasteiger partial charge is 0.146 e. The Bertz CT molecular complexity index is 328. The number of benzene rings is 1. The van der Waals surface area contributed by atoms with Crippen molar-refractivity contribution in [2.24, 2.45) is 0 Å². The molecule has 0 N–H and O–H groups in total. The normalized spacial score (nSPS) is 10.5. The standard InChI is InChI=1S/C13H19ClFN/c1-3-4-5-8-16(2)13-7-6-11(10-14)9-12(13)15/h6-7,9H,3-5,8,10H2,1-2H3. The van der Waals surface area contributed by atoms with Gasteiger partial charge in [0.1, 0.15) is 5.82 Å². The molecule has 0 aromatic heterocycles. The van der Waals surface area contributed by atoms with E-state index in [1.807, 2.05) is 18.0 Å². The summed E-state index contributed by atoms with van der Waals surface area (Å²) in [7, 11) is 1.93. The molecule has 0 saturated carbocycles. The monoisotopic (exact) mass is 243 g/mol. The van der Waals surface area contributed by atoms with Crippen LogP contribution in [0.15, 0.2) is 18.2 Å². The van der Waals surface area contributed by atoms with Gasteiger partial charge in [-0.15, -0.1) is 11.6 Å². The van der Waals surface area contributed by atoms with Crippen LogP contribution in [0.3, 0.4) is 0 Å². The summed E-state index contributed by atoms with van der Waals surface area (Å²) in [6.07, 6.45) is 3.47. The van der Waals surface area contributed by atoms with Gasteiger partial charge >= 0.3 is 0 Å². The van der Waals surface area contributed by atoms with E-state index in [0.29, 0.717) is 11.6 Å². The molecule has 0 unspecified atom stereocenters. The lowest BCUT2D eigenvalue weighted by Gasteiger charge is -2.20. The van der Waals surface area contributed by atoms with E-state index in [4.69, 9.17) is 11.6 Å². The molecule has 1 aromatic carbocycles. The first-order valence-corrected chi connectivity index (χ1v) is 6.28. The zero-order valence-electron chi connectivity index (χ0n) is 9.97. The van der Waals surface area contributed by atoms with Gasteiger partial charge in [0.05, 0.1) is 5.69 Å². The van der Waals surface area contributed by atoms with Crippen LogP contribution in [0.5, 0.6) is 0 Å². The van der Waals surface area contributed by atoms with Gasteiger partial charge in [-0.3, -0.25) is 0 Å². The van der Waals surface area contributed by atoms with E-state index in [1.165, 1.54) is 18.9 Å². The molecule has 16 heavy (non-hydrogen) atoms. The molecule has 1 aromatic rings. The predicted octanol–water partition coefficient (Wildman–Crippen LogP) is 4.19. The van der Waals surface area contributed by atoms with Crippen molar-refractivity contribution in [2.75, 3.05) is 18.5 Å². The Morgan fingerprint density at radius 1 is 1.31 bits per heavy atom. The van der Waals surface area contributed by atoms with Crippen molar-refractivity contribution in [3.05, 3.63) is 29.6 Å². The van der Waals surface area contributed by atoms with Crippen molar-refractivity contribution in [3.63, 3.8) is 0 Å². The van der Waals surface area contributed by atoms with E-state index < -0.39 is 0 Å². The van der Waals surface area contributed by atoms with Crippen molar-refractivity contribution in [1.29, 1.82) is 0 Å². The molecule has 0 atom stereocenters. The third kappa shape index (κ3) is 3.67. The molecule has 0 aliphatic heterocycles. The summed E-state index contributed by atoms with van der Waals surface area (Å²) >= 11 is 5.65. The van der Waals surface area contributed by atoms with Crippen molar-refractivity contribution < 1.29 is 4.39 Å². The molecule has 1 nitrogen and oxygen atoms in total. The highest BCUT2D eigenvalue weighted by molar-refractivity contribution is 6.17. The maximum Gasteiger partial charge on any atom is 0.146 e. The van der Waals surface area contributed by atoms with E-state index >= 15 is 0 Å². The summed E-state index contributed by atoms with van der Waals surface area (Å²) in [5.41, 5.74) is 1.48. The number of unbranched alkanes of at least 4 members (excludes halogenated alkanes) is 2. The summed E-state index contributed by atoms with van der Waals surface area (Å²) in [6.45, 7) is 3.06. The van der Waals surface area contributed by atoms with Crippen molar-refractivity contribution in [2.45, 2.75) is 32.1 Å². The van der Waals surface area contributed by atoms with Gasteiger partial charge < -0.3 is 4.90 Å². The number of rotatable bonds is 6.